The average Bonchev–Trinajstić information content (AvgIpc) is 2.60. The van der Waals surface area contributed by atoms with Crippen LogP contribution >= 0.6 is 0 Å². The molecule has 1 rings (SSSR count). The second kappa shape index (κ2) is 6.75. The van der Waals surface area contributed by atoms with Gasteiger partial charge in [-0.2, -0.15) is 0 Å². The van der Waals surface area contributed by atoms with Crippen molar-refractivity contribution in [1.82, 2.24) is 9.88 Å². The Morgan fingerprint density at radius 1 is 1.42 bits per heavy atom. The minimum Gasteiger partial charge on any atom is -0.468 e. The van der Waals surface area contributed by atoms with E-state index in [0.29, 0.717) is 12.5 Å². The van der Waals surface area contributed by atoms with Gasteiger partial charge in [-0.15, -0.1) is 0 Å². The standard InChI is InChI=1S/C15H26N2O2/c1-10(2)7-14(15(18)19-6)16-9-13-8-11(3)17(5)12(13)4/h8,10,14,16H,7,9H2,1-6H3. The molecule has 0 fully saturated rings. The molecule has 4 heteroatoms. The Labute approximate surface area is 116 Å². The van der Waals surface area contributed by atoms with Gasteiger partial charge in [-0.1, -0.05) is 13.8 Å². The van der Waals surface area contributed by atoms with E-state index in [0.717, 1.165) is 6.42 Å². The van der Waals surface area contributed by atoms with Gasteiger partial charge in [0.2, 0.25) is 0 Å². The van der Waals surface area contributed by atoms with Crippen LogP contribution in [0.5, 0.6) is 0 Å². The third-order valence-corrected chi connectivity index (χ3v) is 3.61. The zero-order valence-corrected chi connectivity index (χ0v) is 12.9. The first-order valence-electron chi connectivity index (χ1n) is 6.79. The van der Waals surface area contributed by atoms with Gasteiger partial charge in [0.05, 0.1) is 7.11 Å². The van der Waals surface area contributed by atoms with E-state index >= 15 is 0 Å². The summed E-state index contributed by atoms with van der Waals surface area (Å²) in [6, 6.07) is 1.93. The molecule has 1 aromatic heterocycles. The molecule has 0 radical (unpaired) electrons. The molecule has 0 aromatic carbocycles. The number of methoxy groups -OCH3 is 1. The maximum atomic E-state index is 11.7. The number of hydrogen-bond donors (Lipinski definition) is 1. The van der Waals surface area contributed by atoms with Crippen molar-refractivity contribution in [3.8, 4) is 0 Å². The minimum atomic E-state index is -0.232. The summed E-state index contributed by atoms with van der Waals surface area (Å²) in [5.41, 5.74) is 3.70. The predicted molar refractivity (Wildman–Crippen MR) is 77.0 cm³/mol. The molecular weight excluding hydrogens is 240 g/mol. The number of aromatic nitrogens is 1. The summed E-state index contributed by atoms with van der Waals surface area (Å²) < 4.78 is 7.01. The zero-order valence-electron chi connectivity index (χ0n) is 12.9. The topological polar surface area (TPSA) is 43.3 Å². The molecule has 0 saturated carbocycles. The number of carbonyl (C=O) groups is 1. The molecule has 1 atom stereocenters. The lowest BCUT2D eigenvalue weighted by Gasteiger charge is -2.18. The Hall–Kier alpha value is -1.29. The van der Waals surface area contributed by atoms with Crippen LogP contribution in [0.3, 0.4) is 0 Å². The number of ether oxygens (including phenoxy) is 1. The van der Waals surface area contributed by atoms with E-state index in [-0.39, 0.29) is 12.0 Å². The molecule has 0 bridgehead atoms. The van der Waals surface area contributed by atoms with Gasteiger partial charge in [0, 0.05) is 25.0 Å². The fourth-order valence-corrected chi connectivity index (χ4v) is 2.22. The van der Waals surface area contributed by atoms with Crippen LogP contribution in [0.4, 0.5) is 0 Å². The average molecular weight is 266 g/mol. The number of hydrogen-bond acceptors (Lipinski definition) is 3. The van der Waals surface area contributed by atoms with Crippen LogP contribution in [0.1, 0.15) is 37.2 Å². The molecule has 1 unspecified atom stereocenters. The summed E-state index contributed by atoms with van der Waals surface area (Å²) >= 11 is 0. The van der Waals surface area contributed by atoms with Gasteiger partial charge in [-0.05, 0) is 37.8 Å². The molecule has 0 spiro atoms. The quantitative estimate of drug-likeness (QED) is 0.804. The molecule has 0 aliphatic heterocycles. The molecule has 0 aliphatic carbocycles. The van der Waals surface area contributed by atoms with Gasteiger partial charge in [-0.3, -0.25) is 4.79 Å². The number of nitrogens with zero attached hydrogens (tertiary/aromatic N) is 1. The van der Waals surface area contributed by atoms with Gasteiger partial charge in [0.25, 0.3) is 0 Å². The molecular formula is C15H26N2O2. The van der Waals surface area contributed by atoms with Crippen LogP contribution in [0.15, 0.2) is 6.07 Å². The van der Waals surface area contributed by atoms with Gasteiger partial charge < -0.3 is 14.6 Å². The summed E-state index contributed by atoms with van der Waals surface area (Å²) in [4.78, 5) is 11.7. The summed E-state index contributed by atoms with van der Waals surface area (Å²) in [5.74, 6) is 0.272. The first kappa shape index (κ1) is 15.8. The van der Waals surface area contributed by atoms with E-state index in [2.05, 4.69) is 50.7 Å². The highest BCUT2D eigenvalue weighted by Crippen LogP contribution is 2.14. The Kier molecular flexibility index (Phi) is 5.60. The molecule has 0 amide bonds. The highest BCUT2D eigenvalue weighted by molar-refractivity contribution is 5.75. The second-order valence-corrected chi connectivity index (χ2v) is 5.54. The molecule has 0 aliphatic rings. The van der Waals surface area contributed by atoms with Crippen LogP contribution in [0, 0.1) is 19.8 Å². The van der Waals surface area contributed by atoms with Crippen molar-refractivity contribution in [3.63, 3.8) is 0 Å². The van der Waals surface area contributed by atoms with Gasteiger partial charge in [0.1, 0.15) is 6.04 Å². The number of aryl methyl sites for hydroxylation is 1. The lowest BCUT2D eigenvalue weighted by atomic mass is 10.0. The predicted octanol–water partition coefficient (Wildman–Crippen LogP) is 2.32. The summed E-state index contributed by atoms with van der Waals surface area (Å²) in [7, 11) is 3.50. The Morgan fingerprint density at radius 3 is 2.47 bits per heavy atom. The lowest BCUT2D eigenvalue weighted by Crippen LogP contribution is -2.38. The van der Waals surface area contributed by atoms with Crippen LogP contribution in [0.25, 0.3) is 0 Å². The molecule has 1 aromatic rings. The van der Waals surface area contributed by atoms with Gasteiger partial charge >= 0.3 is 5.97 Å². The number of rotatable bonds is 6. The van der Waals surface area contributed by atoms with Crippen molar-refractivity contribution in [3.05, 3.63) is 23.0 Å². The summed E-state index contributed by atoms with van der Waals surface area (Å²) in [5, 5.41) is 3.31. The van der Waals surface area contributed by atoms with Crippen LogP contribution in [-0.4, -0.2) is 23.7 Å². The van der Waals surface area contributed by atoms with Crippen LogP contribution in [-0.2, 0) is 23.1 Å². The highest BCUT2D eigenvalue weighted by Gasteiger charge is 2.20. The molecule has 4 nitrogen and oxygen atoms in total. The van der Waals surface area contributed by atoms with Gasteiger partial charge in [0.15, 0.2) is 0 Å². The van der Waals surface area contributed by atoms with Crippen LogP contribution in [0.2, 0.25) is 0 Å². The number of esters is 1. The van der Waals surface area contributed by atoms with E-state index in [1.165, 1.54) is 24.1 Å². The molecule has 0 saturated heterocycles. The van der Waals surface area contributed by atoms with E-state index in [9.17, 15) is 4.79 Å². The first-order chi connectivity index (χ1) is 8.86. The third-order valence-electron chi connectivity index (χ3n) is 3.61. The van der Waals surface area contributed by atoms with E-state index < -0.39 is 0 Å². The highest BCUT2D eigenvalue weighted by atomic mass is 16.5. The third kappa shape index (κ3) is 4.10. The fraction of sp³-hybridized carbons (Fsp3) is 0.667. The van der Waals surface area contributed by atoms with Crippen molar-refractivity contribution in [2.45, 2.75) is 46.7 Å². The molecule has 1 heterocycles. The van der Waals surface area contributed by atoms with Crippen molar-refractivity contribution in [2.75, 3.05) is 7.11 Å². The van der Waals surface area contributed by atoms with E-state index in [1.807, 2.05) is 0 Å². The smallest absolute Gasteiger partial charge is 0.322 e. The molecule has 1 N–H and O–H groups in total. The monoisotopic (exact) mass is 266 g/mol. The van der Waals surface area contributed by atoms with Crippen molar-refractivity contribution in [2.24, 2.45) is 13.0 Å². The van der Waals surface area contributed by atoms with Gasteiger partial charge in [-0.25, -0.2) is 0 Å². The molecule has 19 heavy (non-hydrogen) atoms. The Balaban J connectivity index is 2.70. The minimum absolute atomic E-state index is 0.181. The van der Waals surface area contributed by atoms with E-state index in [4.69, 9.17) is 4.74 Å². The first-order valence-corrected chi connectivity index (χ1v) is 6.79. The lowest BCUT2D eigenvalue weighted by molar-refractivity contribution is -0.143. The van der Waals surface area contributed by atoms with Crippen molar-refractivity contribution >= 4 is 5.97 Å². The maximum absolute atomic E-state index is 11.7. The number of nitrogens with one attached hydrogen (secondary N) is 1. The van der Waals surface area contributed by atoms with Crippen molar-refractivity contribution < 1.29 is 9.53 Å². The van der Waals surface area contributed by atoms with Crippen LogP contribution < -0.4 is 5.32 Å². The van der Waals surface area contributed by atoms with E-state index in [1.54, 1.807) is 0 Å². The Bertz CT molecular complexity index is 436. The SMILES string of the molecule is COC(=O)C(CC(C)C)NCc1cc(C)n(C)c1C. The summed E-state index contributed by atoms with van der Waals surface area (Å²) in [6.07, 6.45) is 0.789. The molecule has 108 valence electrons. The second-order valence-electron chi connectivity index (χ2n) is 5.54. The largest absolute Gasteiger partial charge is 0.468 e. The normalized spacial score (nSPS) is 12.8. The zero-order chi connectivity index (χ0) is 14.6. The Morgan fingerprint density at radius 2 is 2.05 bits per heavy atom. The number of carbonyl (C=O) groups excluding carboxylic acids is 1. The maximum Gasteiger partial charge on any atom is 0.322 e. The summed E-state index contributed by atoms with van der Waals surface area (Å²) in [6.45, 7) is 9.09. The fourth-order valence-electron chi connectivity index (χ4n) is 2.22. The van der Waals surface area contributed by atoms with Crippen molar-refractivity contribution in [1.29, 1.82) is 0 Å².